The molecule has 0 radical (unpaired) electrons. The largest absolute Gasteiger partial charge is 0.477 e. The molecule has 0 spiro atoms. The number of hydrogen-bond acceptors (Lipinski definition) is 7. The Morgan fingerprint density at radius 2 is 0.713 bits per heavy atom. The van der Waals surface area contributed by atoms with Crippen LogP contribution >= 0.6 is 0 Å². The van der Waals surface area contributed by atoms with Gasteiger partial charge >= 0.3 is 17.9 Å². The fourth-order valence-corrected chi connectivity index (χ4v) is 8.01. The summed E-state index contributed by atoms with van der Waals surface area (Å²) >= 11 is 0. The zero-order valence-electron chi connectivity index (χ0n) is 51.4. The predicted molar refractivity (Wildman–Crippen MR) is 340 cm³/mol. The zero-order chi connectivity index (χ0) is 58.3. The molecule has 0 aromatic carbocycles. The normalized spacial score (nSPS) is 13.8. The second kappa shape index (κ2) is 60.3. The van der Waals surface area contributed by atoms with E-state index >= 15 is 0 Å². The summed E-state index contributed by atoms with van der Waals surface area (Å²) in [6.07, 6.45) is 85.1. The quantitative estimate of drug-likeness (QED) is 0.0211. The maximum atomic E-state index is 12.9. The summed E-state index contributed by atoms with van der Waals surface area (Å²) in [6.45, 7) is 4.70. The van der Waals surface area contributed by atoms with Gasteiger partial charge in [-0.05, 0) is 122 Å². The van der Waals surface area contributed by atoms with Crippen LogP contribution in [0.5, 0.6) is 0 Å². The van der Waals surface area contributed by atoms with E-state index in [4.69, 9.17) is 18.9 Å². The van der Waals surface area contributed by atoms with E-state index < -0.39 is 24.3 Å². The smallest absolute Gasteiger partial charge is 0.361 e. The summed E-state index contributed by atoms with van der Waals surface area (Å²) < 4.78 is 22.8. The van der Waals surface area contributed by atoms with Crippen LogP contribution in [-0.4, -0.2) is 87.4 Å². The van der Waals surface area contributed by atoms with Crippen LogP contribution in [0, 0.1) is 0 Å². The molecule has 0 aliphatic carbocycles. The number of rotatable bonds is 56. The first-order valence-electron chi connectivity index (χ1n) is 31.5. The lowest BCUT2D eigenvalue weighted by molar-refractivity contribution is -0.870. The maximum Gasteiger partial charge on any atom is 0.361 e. The number of carboxylic acid groups (broad SMARTS) is 1. The molecule has 0 amide bonds. The molecule has 452 valence electrons. The zero-order valence-corrected chi connectivity index (χ0v) is 51.4. The van der Waals surface area contributed by atoms with Crippen LogP contribution in [0.15, 0.2) is 146 Å². The van der Waals surface area contributed by atoms with E-state index in [2.05, 4.69) is 160 Å². The number of allylic oxidation sites excluding steroid dienone is 24. The molecule has 1 N–H and O–H groups in total. The van der Waals surface area contributed by atoms with Gasteiger partial charge in [0.25, 0.3) is 6.29 Å². The van der Waals surface area contributed by atoms with Crippen LogP contribution in [-0.2, 0) is 33.3 Å². The van der Waals surface area contributed by atoms with Gasteiger partial charge < -0.3 is 28.5 Å². The highest BCUT2D eigenvalue weighted by Gasteiger charge is 2.25. The average molecular weight is 1110 g/mol. The number of esters is 2. The van der Waals surface area contributed by atoms with Gasteiger partial charge in [0.1, 0.15) is 13.2 Å². The monoisotopic (exact) mass is 1110 g/mol. The van der Waals surface area contributed by atoms with Crippen molar-refractivity contribution in [2.24, 2.45) is 0 Å². The molecular weight excluding hydrogens is 995 g/mol. The highest BCUT2D eigenvalue weighted by molar-refractivity contribution is 5.71. The Morgan fingerprint density at radius 1 is 0.388 bits per heavy atom. The highest BCUT2D eigenvalue weighted by atomic mass is 16.7. The second-order valence-corrected chi connectivity index (χ2v) is 21.6. The lowest BCUT2D eigenvalue weighted by atomic mass is 10.1. The van der Waals surface area contributed by atoms with Crippen molar-refractivity contribution in [2.75, 3.05) is 47.5 Å². The molecule has 2 unspecified atom stereocenters. The summed E-state index contributed by atoms with van der Waals surface area (Å²) in [5.41, 5.74) is 0. The Balaban J connectivity index is 4.31. The van der Waals surface area contributed by atoms with Crippen molar-refractivity contribution >= 4 is 17.9 Å². The number of aliphatic carboxylic acids is 1. The minimum atomic E-state index is -1.53. The van der Waals surface area contributed by atoms with Crippen molar-refractivity contribution in [3.8, 4) is 0 Å². The molecule has 0 rings (SSSR count). The van der Waals surface area contributed by atoms with Crippen molar-refractivity contribution in [1.82, 2.24) is 0 Å². The van der Waals surface area contributed by atoms with Crippen molar-refractivity contribution in [1.29, 1.82) is 0 Å². The number of likely N-dealkylation sites (N-methyl/N-ethyl adjacent to an activating group) is 1. The molecule has 2 atom stereocenters. The van der Waals surface area contributed by atoms with Gasteiger partial charge in [0.2, 0.25) is 0 Å². The topological polar surface area (TPSA) is 108 Å². The first-order valence-corrected chi connectivity index (χ1v) is 31.5. The van der Waals surface area contributed by atoms with Crippen molar-refractivity contribution < 1.29 is 42.9 Å². The number of carboxylic acids is 1. The van der Waals surface area contributed by atoms with Gasteiger partial charge in [-0.25, -0.2) is 4.79 Å². The molecule has 9 heteroatoms. The minimum absolute atomic E-state index is 0.173. The summed E-state index contributed by atoms with van der Waals surface area (Å²) in [6, 6.07) is 0. The van der Waals surface area contributed by atoms with Crippen LogP contribution in [0.3, 0.4) is 0 Å². The van der Waals surface area contributed by atoms with Gasteiger partial charge in [-0.2, -0.15) is 0 Å². The number of nitrogens with zero attached hydrogens (tertiary/aromatic N) is 1. The van der Waals surface area contributed by atoms with Gasteiger partial charge in [0, 0.05) is 12.8 Å². The summed E-state index contributed by atoms with van der Waals surface area (Å²) in [5.74, 6) is -2.07. The Labute approximate surface area is 490 Å². The van der Waals surface area contributed by atoms with Crippen molar-refractivity contribution in [3.05, 3.63) is 146 Å². The molecule has 9 nitrogen and oxygen atoms in total. The van der Waals surface area contributed by atoms with E-state index in [0.29, 0.717) is 17.4 Å². The maximum absolute atomic E-state index is 12.9. The lowest BCUT2D eigenvalue weighted by Crippen LogP contribution is -2.40. The van der Waals surface area contributed by atoms with Crippen molar-refractivity contribution in [3.63, 3.8) is 0 Å². The third kappa shape index (κ3) is 60.8. The molecule has 0 aliphatic rings. The van der Waals surface area contributed by atoms with Crippen LogP contribution in [0.2, 0.25) is 0 Å². The molecule has 0 heterocycles. The molecule has 0 aliphatic heterocycles. The third-order valence-electron chi connectivity index (χ3n) is 12.8. The van der Waals surface area contributed by atoms with E-state index in [1.54, 1.807) is 0 Å². The fourth-order valence-electron chi connectivity index (χ4n) is 8.01. The third-order valence-corrected chi connectivity index (χ3v) is 12.8. The predicted octanol–water partition coefficient (Wildman–Crippen LogP) is 19.2. The number of unbranched alkanes of at least 4 members (excludes halogenated alkanes) is 17. The number of ether oxygens (including phenoxy) is 4. The molecule has 80 heavy (non-hydrogen) atoms. The first-order chi connectivity index (χ1) is 39.1. The SMILES string of the molecule is CC/C=C\C/C=C\C/C=C\C/C=C\C/C=C\C/C=C\C/C=C\C/C=C\C/C=C\C/C=C\C/C=C\CCCCCC(=O)OC(COC(=O)CCCCCCCCC/C=C\CCCCCCCCC)COC(OCC[N+](C)(C)C)C(=O)O. The molecule has 0 aromatic rings. The van der Waals surface area contributed by atoms with E-state index in [1.165, 1.54) is 70.6 Å². The summed E-state index contributed by atoms with van der Waals surface area (Å²) in [5, 5.41) is 9.71. The Morgan fingerprint density at radius 3 is 1.09 bits per heavy atom. The molecule has 0 bridgehead atoms. The van der Waals surface area contributed by atoms with E-state index in [0.717, 1.165) is 122 Å². The molecule has 0 fully saturated rings. The summed E-state index contributed by atoms with van der Waals surface area (Å²) in [7, 11) is 5.95. The van der Waals surface area contributed by atoms with Gasteiger partial charge in [-0.15, -0.1) is 0 Å². The van der Waals surface area contributed by atoms with Gasteiger partial charge in [0.05, 0.1) is 34.4 Å². The second-order valence-electron chi connectivity index (χ2n) is 21.6. The Bertz CT molecular complexity index is 1820. The summed E-state index contributed by atoms with van der Waals surface area (Å²) in [4.78, 5) is 37.5. The van der Waals surface area contributed by atoms with Crippen LogP contribution in [0.1, 0.15) is 226 Å². The van der Waals surface area contributed by atoms with Gasteiger partial charge in [-0.1, -0.05) is 237 Å². The number of hydrogen-bond donors (Lipinski definition) is 1. The van der Waals surface area contributed by atoms with Crippen molar-refractivity contribution in [2.45, 2.75) is 238 Å². The highest BCUT2D eigenvalue weighted by Crippen LogP contribution is 2.14. The molecule has 0 saturated carbocycles. The van der Waals surface area contributed by atoms with Crippen LogP contribution in [0.4, 0.5) is 0 Å². The van der Waals surface area contributed by atoms with Crippen LogP contribution < -0.4 is 0 Å². The minimum Gasteiger partial charge on any atom is -0.477 e. The number of carbonyl (C=O) groups excluding carboxylic acids is 2. The van der Waals surface area contributed by atoms with Crippen LogP contribution in [0.25, 0.3) is 0 Å². The number of carbonyl (C=O) groups is 3. The Hall–Kier alpha value is -4.83. The van der Waals surface area contributed by atoms with E-state index in [9.17, 15) is 19.5 Å². The standard InChI is InChI=1S/C71H115NO8/c1-6-8-10-12-14-16-18-20-22-24-26-27-28-29-30-31-32-33-34-35-36-37-38-39-40-41-42-43-44-46-48-50-52-54-56-58-60-62-69(74)80-67(66-79-71(70(75)76)77-64-63-72(3,4)5)65-78-68(73)61-59-57-55-53-51-49-47-45-25-23-21-19-17-15-13-11-9-7-2/h8,10,14,16,20,22-23,25-27,29-30,32-33,35-36,38-39,41-42,44,46,50,52,67,71H,6-7,9,11-13,15,17-19,21,24,28,31,34,37,40,43,45,47-49,51,53-66H2,1-5H3/p+1/b10-8-,16-14-,22-20-,25-23-,27-26-,30-29-,33-32-,36-35-,39-38-,42-41-,46-44-,52-50-. The van der Waals surface area contributed by atoms with E-state index in [1.807, 2.05) is 21.1 Å². The molecule has 0 saturated heterocycles. The van der Waals surface area contributed by atoms with E-state index in [-0.39, 0.29) is 38.6 Å². The molecular formula is C71H116NO8+. The average Bonchev–Trinajstić information content (AvgIpc) is 3.43. The lowest BCUT2D eigenvalue weighted by Gasteiger charge is -2.25. The Kier molecular flexibility index (Phi) is 56.6. The number of quaternary nitrogens is 1. The van der Waals surface area contributed by atoms with Gasteiger partial charge in [-0.3, -0.25) is 9.59 Å². The first kappa shape index (κ1) is 75.2. The molecule has 0 aromatic heterocycles. The van der Waals surface area contributed by atoms with Gasteiger partial charge in [0.15, 0.2) is 6.10 Å². The fraction of sp³-hybridized carbons (Fsp3) is 0.620.